The molecule has 1 unspecified atom stereocenters. The van der Waals surface area contributed by atoms with Gasteiger partial charge >= 0.3 is 0 Å². The van der Waals surface area contributed by atoms with Gasteiger partial charge in [0, 0.05) is 19.1 Å². The maximum Gasteiger partial charge on any atom is 0.175 e. The standard InChI is InChI=1S/C15H22BrNO3/c1-3-19-14-7-12(8-17-2)6-13(16)15(14)20-10-11-4-5-18-9-11/h6-7,11,17H,3-5,8-10H2,1-2H3. The number of halogens is 1. The summed E-state index contributed by atoms with van der Waals surface area (Å²) in [5, 5.41) is 3.14. The molecule has 1 aromatic carbocycles. The van der Waals surface area contributed by atoms with Crippen LogP contribution in [0.2, 0.25) is 0 Å². The Balaban J connectivity index is 2.11. The van der Waals surface area contributed by atoms with Gasteiger partial charge in [0.15, 0.2) is 11.5 Å². The van der Waals surface area contributed by atoms with Crippen molar-refractivity contribution in [3.8, 4) is 11.5 Å². The minimum atomic E-state index is 0.480. The van der Waals surface area contributed by atoms with Gasteiger partial charge in [-0.05, 0) is 54.0 Å². The van der Waals surface area contributed by atoms with Crippen LogP contribution in [0.15, 0.2) is 16.6 Å². The van der Waals surface area contributed by atoms with Crippen molar-refractivity contribution >= 4 is 15.9 Å². The molecule has 1 atom stereocenters. The Labute approximate surface area is 128 Å². The molecular weight excluding hydrogens is 322 g/mol. The molecule has 1 saturated heterocycles. The summed E-state index contributed by atoms with van der Waals surface area (Å²) in [5.41, 5.74) is 1.17. The van der Waals surface area contributed by atoms with Gasteiger partial charge in [-0.3, -0.25) is 0 Å². The van der Waals surface area contributed by atoms with Crippen molar-refractivity contribution in [2.45, 2.75) is 19.9 Å². The normalized spacial score (nSPS) is 18.2. The van der Waals surface area contributed by atoms with Gasteiger partial charge in [-0.1, -0.05) is 0 Å². The van der Waals surface area contributed by atoms with Crippen LogP contribution in [0.5, 0.6) is 11.5 Å². The van der Waals surface area contributed by atoms with E-state index in [2.05, 4.69) is 27.3 Å². The van der Waals surface area contributed by atoms with Crippen molar-refractivity contribution in [1.29, 1.82) is 0 Å². The van der Waals surface area contributed by atoms with E-state index in [-0.39, 0.29) is 0 Å². The van der Waals surface area contributed by atoms with Gasteiger partial charge in [-0.25, -0.2) is 0 Å². The summed E-state index contributed by atoms with van der Waals surface area (Å²) >= 11 is 3.58. The third kappa shape index (κ3) is 4.11. The highest BCUT2D eigenvalue weighted by Crippen LogP contribution is 2.37. The second-order valence-corrected chi connectivity index (χ2v) is 5.76. The summed E-state index contributed by atoms with van der Waals surface area (Å²) in [4.78, 5) is 0. The van der Waals surface area contributed by atoms with Gasteiger partial charge in [0.05, 0.1) is 24.3 Å². The zero-order chi connectivity index (χ0) is 14.4. The molecule has 112 valence electrons. The van der Waals surface area contributed by atoms with Gasteiger partial charge in [0.25, 0.3) is 0 Å². The fraction of sp³-hybridized carbons (Fsp3) is 0.600. The monoisotopic (exact) mass is 343 g/mol. The molecule has 1 heterocycles. The fourth-order valence-corrected chi connectivity index (χ4v) is 2.85. The van der Waals surface area contributed by atoms with Gasteiger partial charge in [-0.15, -0.1) is 0 Å². The predicted molar refractivity (Wildman–Crippen MR) is 82.5 cm³/mol. The first-order valence-corrected chi connectivity index (χ1v) is 7.84. The molecule has 1 fully saturated rings. The first-order chi connectivity index (χ1) is 9.74. The molecule has 1 N–H and O–H groups in total. The van der Waals surface area contributed by atoms with Gasteiger partial charge in [0.2, 0.25) is 0 Å². The summed E-state index contributed by atoms with van der Waals surface area (Å²) in [6.45, 7) is 5.71. The Morgan fingerprint density at radius 3 is 2.90 bits per heavy atom. The molecule has 2 rings (SSSR count). The molecule has 0 aliphatic carbocycles. The van der Waals surface area contributed by atoms with E-state index in [1.54, 1.807) is 0 Å². The Hall–Kier alpha value is -0.780. The third-order valence-corrected chi connectivity index (χ3v) is 3.83. The molecule has 0 amide bonds. The lowest BCUT2D eigenvalue weighted by Gasteiger charge is -2.17. The quantitative estimate of drug-likeness (QED) is 0.826. The van der Waals surface area contributed by atoms with E-state index >= 15 is 0 Å². The first-order valence-electron chi connectivity index (χ1n) is 7.05. The van der Waals surface area contributed by atoms with E-state index < -0.39 is 0 Å². The average molecular weight is 344 g/mol. The number of hydrogen-bond donors (Lipinski definition) is 1. The highest BCUT2D eigenvalue weighted by atomic mass is 79.9. The summed E-state index contributed by atoms with van der Waals surface area (Å²) in [6.07, 6.45) is 1.07. The number of benzene rings is 1. The second kappa shape index (κ2) is 7.86. The lowest BCUT2D eigenvalue weighted by Crippen LogP contribution is -2.13. The predicted octanol–water partition coefficient (Wildman–Crippen LogP) is 2.98. The molecule has 0 spiro atoms. The maximum absolute atomic E-state index is 5.97. The Bertz CT molecular complexity index is 433. The molecule has 0 aromatic heterocycles. The van der Waals surface area contributed by atoms with E-state index in [1.807, 2.05) is 20.0 Å². The highest BCUT2D eigenvalue weighted by Gasteiger charge is 2.19. The largest absolute Gasteiger partial charge is 0.490 e. The van der Waals surface area contributed by atoms with Crippen LogP contribution in [0.3, 0.4) is 0 Å². The fourth-order valence-electron chi connectivity index (χ4n) is 2.25. The zero-order valence-electron chi connectivity index (χ0n) is 12.1. The highest BCUT2D eigenvalue weighted by molar-refractivity contribution is 9.10. The van der Waals surface area contributed by atoms with E-state index in [1.165, 1.54) is 5.56 Å². The minimum absolute atomic E-state index is 0.480. The molecule has 0 radical (unpaired) electrons. The molecule has 20 heavy (non-hydrogen) atoms. The minimum Gasteiger partial charge on any atom is -0.490 e. The number of hydrogen-bond acceptors (Lipinski definition) is 4. The van der Waals surface area contributed by atoms with Crippen molar-refractivity contribution in [2.75, 3.05) is 33.5 Å². The molecule has 1 aliphatic heterocycles. The van der Waals surface area contributed by atoms with Crippen LogP contribution in [0.1, 0.15) is 18.9 Å². The Kier molecular flexibility index (Phi) is 6.13. The summed E-state index contributed by atoms with van der Waals surface area (Å²) in [7, 11) is 1.93. The number of rotatable bonds is 7. The molecule has 1 aliphatic rings. The average Bonchev–Trinajstić information content (AvgIpc) is 2.92. The van der Waals surface area contributed by atoms with E-state index in [9.17, 15) is 0 Å². The van der Waals surface area contributed by atoms with Gasteiger partial charge in [-0.2, -0.15) is 0 Å². The van der Waals surface area contributed by atoms with Crippen molar-refractivity contribution < 1.29 is 14.2 Å². The zero-order valence-corrected chi connectivity index (χ0v) is 13.7. The molecule has 0 saturated carbocycles. The Morgan fingerprint density at radius 1 is 1.40 bits per heavy atom. The number of nitrogens with one attached hydrogen (secondary N) is 1. The molecule has 5 heteroatoms. The van der Waals surface area contributed by atoms with Crippen LogP contribution < -0.4 is 14.8 Å². The van der Waals surface area contributed by atoms with Crippen molar-refractivity contribution in [3.05, 3.63) is 22.2 Å². The smallest absolute Gasteiger partial charge is 0.175 e. The first kappa shape index (κ1) is 15.6. The molecular formula is C15H22BrNO3. The van der Waals surface area contributed by atoms with Crippen molar-refractivity contribution in [3.63, 3.8) is 0 Å². The van der Waals surface area contributed by atoms with Crippen LogP contribution >= 0.6 is 15.9 Å². The van der Waals surface area contributed by atoms with Crippen molar-refractivity contribution in [2.24, 2.45) is 5.92 Å². The third-order valence-electron chi connectivity index (χ3n) is 3.24. The van der Waals surface area contributed by atoms with Crippen LogP contribution in [-0.2, 0) is 11.3 Å². The number of ether oxygens (including phenoxy) is 3. The van der Waals surface area contributed by atoms with E-state index in [0.29, 0.717) is 19.1 Å². The van der Waals surface area contributed by atoms with Crippen LogP contribution in [0.4, 0.5) is 0 Å². The van der Waals surface area contributed by atoms with Crippen molar-refractivity contribution in [1.82, 2.24) is 5.32 Å². The van der Waals surface area contributed by atoms with Gasteiger partial charge in [0.1, 0.15) is 0 Å². The lowest BCUT2D eigenvalue weighted by atomic mass is 10.1. The van der Waals surface area contributed by atoms with Gasteiger partial charge < -0.3 is 19.5 Å². The SMILES string of the molecule is CCOc1cc(CNC)cc(Br)c1OCC1CCOC1. The molecule has 4 nitrogen and oxygen atoms in total. The maximum atomic E-state index is 5.97. The Morgan fingerprint density at radius 2 is 2.25 bits per heavy atom. The van der Waals surface area contributed by atoms with Crippen LogP contribution in [0.25, 0.3) is 0 Å². The molecule has 0 bridgehead atoms. The lowest BCUT2D eigenvalue weighted by molar-refractivity contribution is 0.164. The van der Waals surface area contributed by atoms with Crippen LogP contribution in [0, 0.1) is 5.92 Å². The van der Waals surface area contributed by atoms with E-state index in [0.717, 1.165) is 42.2 Å². The summed E-state index contributed by atoms with van der Waals surface area (Å²) in [5.74, 6) is 2.07. The van der Waals surface area contributed by atoms with E-state index in [4.69, 9.17) is 14.2 Å². The van der Waals surface area contributed by atoms with Crippen LogP contribution in [-0.4, -0.2) is 33.5 Å². The summed E-state index contributed by atoms with van der Waals surface area (Å²) < 4.78 is 18.0. The topological polar surface area (TPSA) is 39.7 Å². The second-order valence-electron chi connectivity index (χ2n) is 4.91. The summed E-state index contributed by atoms with van der Waals surface area (Å²) in [6, 6.07) is 4.10. The molecule has 1 aromatic rings.